The lowest BCUT2D eigenvalue weighted by atomic mass is 10.2. The zero-order chi connectivity index (χ0) is 18.1. The minimum Gasteiger partial charge on any atom is -0.486 e. The lowest BCUT2D eigenvalue weighted by Gasteiger charge is -2.19. The van der Waals surface area contributed by atoms with E-state index < -0.39 is 5.97 Å². The normalized spacial score (nSPS) is 13.5. The number of fused-ring (bicyclic) bond motifs is 2. The van der Waals surface area contributed by atoms with Gasteiger partial charge in [-0.15, -0.1) is 11.3 Å². The summed E-state index contributed by atoms with van der Waals surface area (Å²) in [6.07, 6.45) is 4.77. The number of benzene rings is 1. The Labute approximate surface area is 166 Å². The Morgan fingerprint density at radius 2 is 2.15 bits per heavy atom. The van der Waals surface area contributed by atoms with Gasteiger partial charge in [0.1, 0.15) is 19.8 Å². The number of nitrogens with zero attached hydrogens (tertiary/aromatic N) is 2. The average molecular weight is 456 g/mol. The van der Waals surface area contributed by atoms with E-state index in [-0.39, 0.29) is 6.61 Å². The third-order valence-corrected chi connectivity index (χ3v) is 5.49. The van der Waals surface area contributed by atoms with Crippen LogP contribution < -0.4 is 9.47 Å². The van der Waals surface area contributed by atoms with Gasteiger partial charge in [0.2, 0.25) is 0 Å². The smallest absolute Gasteiger partial charge is 0.331 e. The first-order chi connectivity index (χ1) is 12.6. The van der Waals surface area contributed by atoms with E-state index in [0.717, 1.165) is 15.0 Å². The van der Waals surface area contributed by atoms with Gasteiger partial charge in [0, 0.05) is 27.7 Å². The molecule has 0 spiro atoms. The van der Waals surface area contributed by atoms with Crippen molar-refractivity contribution in [3.05, 3.63) is 50.7 Å². The van der Waals surface area contributed by atoms with E-state index in [1.54, 1.807) is 12.1 Å². The van der Waals surface area contributed by atoms with Crippen molar-refractivity contribution >= 4 is 55.9 Å². The van der Waals surface area contributed by atoms with Gasteiger partial charge in [0.05, 0.1) is 5.69 Å². The van der Waals surface area contributed by atoms with Crippen LogP contribution in [-0.4, -0.2) is 28.6 Å². The van der Waals surface area contributed by atoms with Gasteiger partial charge in [-0.1, -0.05) is 27.5 Å². The Hall–Kier alpha value is -2.03. The van der Waals surface area contributed by atoms with Crippen molar-refractivity contribution in [3.63, 3.8) is 0 Å². The number of imidazole rings is 1. The van der Waals surface area contributed by atoms with Crippen LogP contribution in [0, 0.1) is 0 Å². The van der Waals surface area contributed by atoms with Crippen molar-refractivity contribution in [3.8, 4) is 11.5 Å². The SMILES string of the molecule is O=C(/C=C/c1c(Cl)nc2sccn12)OCc1cc2c(cc1Br)OCCO2. The molecule has 0 N–H and O–H groups in total. The van der Waals surface area contributed by atoms with Crippen molar-refractivity contribution < 1.29 is 19.0 Å². The quantitative estimate of drug-likeness (QED) is 0.433. The fraction of sp³-hybridized carbons (Fsp3) is 0.176. The number of ether oxygens (including phenoxy) is 3. The highest BCUT2D eigenvalue weighted by Crippen LogP contribution is 2.35. The first kappa shape index (κ1) is 17.4. The summed E-state index contributed by atoms with van der Waals surface area (Å²) in [6.45, 7) is 1.13. The lowest BCUT2D eigenvalue weighted by molar-refractivity contribution is -0.138. The molecule has 1 aliphatic heterocycles. The van der Waals surface area contributed by atoms with E-state index in [1.807, 2.05) is 22.0 Å². The molecule has 134 valence electrons. The Balaban J connectivity index is 1.44. The molecule has 0 unspecified atom stereocenters. The van der Waals surface area contributed by atoms with E-state index in [1.165, 1.54) is 17.4 Å². The van der Waals surface area contributed by atoms with E-state index >= 15 is 0 Å². The first-order valence-electron chi connectivity index (χ1n) is 7.66. The molecule has 0 amide bonds. The van der Waals surface area contributed by atoms with Crippen molar-refractivity contribution in [1.82, 2.24) is 9.38 Å². The third kappa shape index (κ3) is 3.44. The Kier molecular flexibility index (Phi) is 4.88. The zero-order valence-electron chi connectivity index (χ0n) is 13.3. The van der Waals surface area contributed by atoms with E-state index in [9.17, 15) is 4.79 Å². The molecule has 0 aliphatic carbocycles. The molecule has 3 aromatic rings. The molecule has 3 heterocycles. The predicted octanol–water partition coefficient (Wildman–Crippen LogP) is 4.34. The molecule has 0 radical (unpaired) electrons. The third-order valence-electron chi connectivity index (χ3n) is 3.71. The summed E-state index contributed by atoms with van der Waals surface area (Å²) in [6, 6.07) is 3.62. The highest BCUT2D eigenvalue weighted by Gasteiger charge is 2.15. The highest BCUT2D eigenvalue weighted by molar-refractivity contribution is 9.10. The van der Waals surface area contributed by atoms with Gasteiger partial charge in [0.25, 0.3) is 0 Å². The number of hydrogen-bond donors (Lipinski definition) is 0. The van der Waals surface area contributed by atoms with Crippen molar-refractivity contribution in [1.29, 1.82) is 0 Å². The van der Waals surface area contributed by atoms with Gasteiger partial charge in [-0.2, -0.15) is 0 Å². The molecule has 4 rings (SSSR count). The van der Waals surface area contributed by atoms with Gasteiger partial charge < -0.3 is 14.2 Å². The second kappa shape index (κ2) is 7.30. The van der Waals surface area contributed by atoms with Crippen LogP contribution in [0.3, 0.4) is 0 Å². The number of thiazole rings is 1. The predicted molar refractivity (Wildman–Crippen MR) is 102 cm³/mol. The molecule has 0 fully saturated rings. The van der Waals surface area contributed by atoms with Crippen LogP contribution in [0.5, 0.6) is 11.5 Å². The molecule has 0 bridgehead atoms. The summed E-state index contributed by atoms with van der Waals surface area (Å²) >= 11 is 11.0. The molecular weight excluding hydrogens is 444 g/mol. The number of halogens is 2. The fourth-order valence-corrected chi connectivity index (χ4v) is 3.93. The van der Waals surface area contributed by atoms with Crippen molar-refractivity contribution in [2.24, 2.45) is 0 Å². The van der Waals surface area contributed by atoms with Crippen LogP contribution in [0.4, 0.5) is 0 Å². The summed E-state index contributed by atoms with van der Waals surface area (Å²) in [5.74, 6) is 0.841. The van der Waals surface area contributed by atoms with Gasteiger partial charge in [-0.05, 0) is 18.2 Å². The van der Waals surface area contributed by atoms with E-state index in [2.05, 4.69) is 20.9 Å². The molecule has 26 heavy (non-hydrogen) atoms. The first-order valence-corrected chi connectivity index (χ1v) is 9.71. The molecule has 2 aromatic heterocycles. The van der Waals surface area contributed by atoms with Gasteiger partial charge >= 0.3 is 5.97 Å². The van der Waals surface area contributed by atoms with Gasteiger partial charge in [-0.25, -0.2) is 9.78 Å². The minimum absolute atomic E-state index is 0.106. The minimum atomic E-state index is -0.479. The molecule has 1 aromatic carbocycles. The molecule has 1 aliphatic rings. The highest BCUT2D eigenvalue weighted by atomic mass is 79.9. The van der Waals surface area contributed by atoms with Crippen LogP contribution in [0.1, 0.15) is 11.3 Å². The number of carbonyl (C=O) groups is 1. The maximum Gasteiger partial charge on any atom is 0.331 e. The molecule has 6 nitrogen and oxygen atoms in total. The number of carbonyl (C=O) groups excluding carboxylic acids is 1. The van der Waals surface area contributed by atoms with Crippen molar-refractivity contribution in [2.45, 2.75) is 6.61 Å². The Morgan fingerprint density at radius 3 is 2.96 bits per heavy atom. The summed E-state index contributed by atoms with van der Waals surface area (Å²) in [4.78, 5) is 17.0. The molecule has 0 saturated carbocycles. The fourth-order valence-electron chi connectivity index (χ4n) is 2.49. The van der Waals surface area contributed by atoms with E-state index in [4.69, 9.17) is 25.8 Å². The van der Waals surface area contributed by atoms with Crippen LogP contribution in [0.25, 0.3) is 11.0 Å². The molecule has 0 atom stereocenters. The van der Waals surface area contributed by atoms with E-state index in [0.29, 0.717) is 35.6 Å². The Morgan fingerprint density at radius 1 is 1.38 bits per heavy atom. The number of rotatable bonds is 4. The number of esters is 1. The number of hydrogen-bond acceptors (Lipinski definition) is 6. The van der Waals surface area contributed by atoms with Crippen LogP contribution >= 0.6 is 38.9 Å². The van der Waals surface area contributed by atoms with Gasteiger partial charge in [-0.3, -0.25) is 4.40 Å². The second-order valence-electron chi connectivity index (χ2n) is 5.37. The second-order valence-corrected chi connectivity index (χ2v) is 7.46. The Bertz CT molecular complexity index is 1010. The molecular formula is C17H12BrClN2O4S. The lowest BCUT2D eigenvalue weighted by Crippen LogP contribution is -2.15. The summed E-state index contributed by atoms with van der Waals surface area (Å²) < 4.78 is 19.0. The van der Waals surface area contributed by atoms with Crippen molar-refractivity contribution in [2.75, 3.05) is 13.2 Å². The van der Waals surface area contributed by atoms with Crippen LogP contribution in [-0.2, 0) is 16.1 Å². The van der Waals surface area contributed by atoms with Crippen LogP contribution in [0.15, 0.2) is 34.3 Å². The average Bonchev–Trinajstić information content (AvgIpc) is 3.19. The molecule has 9 heteroatoms. The maximum atomic E-state index is 12.0. The number of aromatic nitrogens is 2. The monoisotopic (exact) mass is 454 g/mol. The van der Waals surface area contributed by atoms with Gasteiger partial charge in [0.15, 0.2) is 21.6 Å². The largest absolute Gasteiger partial charge is 0.486 e. The topological polar surface area (TPSA) is 62.1 Å². The summed E-state index contributed by atoms with van der Waals surface area (Å²) in [7, 11) is 0. The molecule has 0 saturated heterocycles. The standard InChI is InChI=1S/C17H12BrClN2O4S/c18-11-8-14-13(23-4-5-24-14)7-10(11)9-25-15(22)2-1-12-16(19)20-17-21(12)3-6-26-17/h1-3,6-8H,4-5,9H2/b2-1+. The maximum absolute atomic E-state index is 12.0. The van der Waals surface area contributed by atoms with Crippen LogP contribution in [0.2, 0.25) is 5.15 Å². The summed E-state index contributed by atoms with van der Waals surface area (Å²) in [5.41, 5.74) is 1.43. The summed E-state index contributed by atoms with van der Waals surface area (Å²) in [5, 5.41) is 2.24. The zero-order valence-corrected chi connectivity index (χ0v) is 16.4.